The lowest BCUT2D eigenvalue weighted by Crippen LogP contribution is -2.01. The van der Waals surface area contributed by atoms with E-state index >= 15 is 0 Å². The third kappa shape index (κ3) is 2.13. The fraction of sp³-hybridized carbons (Fsp3) is 0. The minimum Gasteiger partial charge on any atom is -0.287 e. The van der Waals surface area contributed by atoms with E-state index in [1.807, 2.05) is 0 Å². The highest BCUT2D eigenvalue weighted by Crippen LogP contribution is 2.26. The van der Waals surface area contributed by atoms with Gasteiger partial charge in [0.25, 0.3) is 0 Å². The molecule has 0 heterocycles. The van der Waals surface area contributed by atoms with E-state index in [-0.39, 0.29) is 5.78 Å². The number of halogens is 3. The lowest BCUT2D eigenvalue weighted by Gasteiger charge is -2.05. The first-order valence-electron chi connectivity index (χ1n) is 2.74. The van der Waals surface area contributed by atoms with E-state index in [4.69, 9.17) is 0 Å². The summed E-state index contributed by atoms with van der Waals surface area (Å²) in [6.45, 7) is 0. The van der Waals surface area contributed by atoms with Crippen LogP contribution in [0.15, 0.2) is 31.7 Å². The van der Waals surface area contributed by atoms with Crippen molar-refractivity contribution in [2.24, 2.45) is 0 Å². The smallest absolute Gasteiger partial charge is 0.206 e. The first-order chi connectivity index (χ1) is 5.15. The fourth-order valence-corrected chi connectivity index (χ4v) is 2.13. The Kier molecular flexibility index (Phi) is 3.28. The Balaban J connectivity index is 3.07. The molecule has 1 nitrogen and oxygen atoms in total. The largest absolute Gasteiger partial charge is 0.287 e. The van der Waals surface area contributed by atoms with Gasteiger partial charge in [0.15, 0.2) is 0 Å². The maximum atomic E-state index is 11.1. The van der Waals surface area contributed by atoms with Crippen LogP contribution in [0.25, 0.3) is 0 Å². The Morgan fingerprint density at radius 1 is 1.18 bits per heavy atom. The van der Waals surface area contributed by atoms with E-state index in [2.05, 4.69) is 47.8 Å². The van der Waals surface area contributed by atoms with Crippen molar-refractivity contribution < 1.29 is 4.79 Å². The van der Waals surface area contributed by atoms with Gasteiger partial charge in [0.1, 0.15) is 0 Å². The normalized spacial score (nSPS) is 17.7. The molecule has 4 heteroatoms. The quantitative estimate of drug-likeness (QED) is 0.659. The second-order valence-electron chi connectivity index (χ2n) is 1.92. The first kappa shape index (κ1) is 9.42. The molecule has 0 bridgehead atoms. The highest BCUT2D eigenvalue weighted by atomic mass is 79.9. The lowest BCUT2D eigenvalue weighted by atomic mass is 10.1. The number of rotatable bonds is 0. The van der Waals surface area contributed by atoms with Crippen LogP contribution in [-0.2, 0) is 4.79 Å². The molecular weight excluding hydrogens is 340 g/mol. The molecule has 0 unspecified atom stereocenters. The van der Waals surface area contributed by atoms with Gasteiger partial charge in [-0.25, -0.2) is 0 Å². The molecule has 11 heavy (non-hydrogen) atoms. The second-order valence-corrected chi connectivity index (χ2v) is 4.09. The van der Waals surface area contributed by atoms with Crippen LogP contribution >= 0.6 is 47.8 Å². The number of Topliss-reactive ketones (excluding diaryl/α,β-unsaturated/α-hetero) is 1. The Morgan fingerprint density at radius 2 is 1.64 bits per heavy atom. The zero-order chi connectivity index (χ0) is 8.43. The Bertz CT molecular complexity index is 262. The number of carbonyl (C=O) groups excluding carboxylic acids is 1. The topological polar surface area (TPSA) is 17.1 Å². The summed E-state index contributed by atoms with van der Waals surface area (Å²) in [6.07, 6.45) is 3.50. The van der Waals surface area contributed by atoms with Crippen molar-refractivity contribution in [3.63, 3.8) is 0 Å². The van der Waals surface area contributed by atoms with Gasteiger partial charge in [-0.2, -0.15) is 0 Å². The molecule has 0 fully saturated rings. The van der Waals surface area contributed by atoms with Crippen LogP contribution in [-0.4, -0.2) is 5.78 Å². The van der Waals surface area contributed by atoms with Crippen LogP contribution in [0.5, 0.6) is 0 Å². The molecule has 1 aliphatic carbocycles. The highest BCUT2D eigenvalue weighted by Gasteiger charge is 2.14. The average Bonchev–Trinajstić information content (AvgIpc) is 1.99. The SMILES string of the molecule is O=C1C(Br)=CC(=CBr)C=C1Br. The highest BCUT2D eigenvalue weighted by molar-refractivity contribution is 9.13. The maximum Gasteiger partial charge on any atom is 0.206 e. The van der Waals surface area contributed by atoms with Gasteiger partial charge < -0.3 is 0 Å². The number of hydrogen-bond acceptors (Lipinski definition) is 1. The minimum absolute atomic E-state index is 0.0249. The predicted octanol–water partition coefficient (Wildman–Crippen LogP) is 3.41. The summed E-state index contributed by atoms with van der Waals surface area (Å²) in [7, 11) is 0. The van der Waals surface area contributed by atoms with Gasteiger partial charge >= 0.3 is 0 Å². The van der Waals surface area contributed by atoms with E-state index in [1.165, 1.54) is 0 Å². The van der Waals surface area contributed by atoms with Crippen LogP contribution in [0, 0.1) is 0 Å². The molecule has 1 rings (SSSR count). The third-order valence-electron chi connectivity index (χ3n) is 1.15. The molecule has 58 valence electrons. The van der Waals surface area contributed by atoms with E-state index in [1.54, 1.807) is 17.1 Å². The molecule has 1 aliphatic rings. The second kappa shape index (κ2) is 3.83. The van der Waals surface area contributed by atoms with Crippen molar-refractivity contribution in [1.29, 1.82) is 0 Å². The average molecular weight is 343 g/mol. The van der Waals surface area contributed by atoms with Crippen LogP contribution in [0.2, 0.25) is 0 Å². The summed E-state index contributed by atoms with van der Waals surface area (Å²) in [6, 6.07) is 0. The zero-order valence-electron chi connectivity index (χ0n) is 5.27. The molecular formula is C7H3Br3O. The zero-order valence-corrected chi connectivity index (χ0v) is 10.0. The number of allylic oxidation sites excluding steroid dienone is 5. The molecule has 0 atom stereocenters. The van der Waals surface area contributed by atoms with Crippen molar-refractivity contribution in [3.8, 4) is 0 Å². The summed E-state index contributed by atoms with van der Waals surface area (Å²) in [5.41, 5.74) is 0.948. The van der Waals surface area contributed by atoms with Crippen LogP contribution in [0.3, 0.4) is 0 Å². The third-order valence-corrected chi connectivity index (χ3v) is 2.85. The lowest BCUT2D eigenvalue weighted by molar-refractivity contribution is -0.110. The molecule has 0 spiro atoms. The number of carbonyl (C=O) groups is 1. The molecule has 0 aromatic carbocycles. The van der Waals surface area contributed by atoms with Gasteiger partial charge in [0.2, 0.25) is 5.78 Å². The van der Waals surface area contributed by atoms with Crippen molar-refractivity contribution in [3.05, 3.63) is 31.7 Å². The van der Waals surface area contributed by atoms with Gasteiger partial charge in [-0.3, -0.25) is 4.79 Å². The molecule has 0 saturated carbocycles. The summed E-state index contributed by atoms with van der Waals surface area (Å²) in [4.78, 5) is 12.9. The van der Waals surface area contributed by atoms with Gasteiger partial charge in [0.05, 0.1) is 8.96 Å². The van der Waals surface area contributed by atoms with Gasteiger partial charge in [-0.15, -0.1) is 0 Å². The van der Waals surface area contributed by atoms with E-state index in [9.17, 15) is 4.79 Å². The Morgan fingerprint density at radius 3 is 2.00 bits per heavy atom. The molecule has 0 aromatic rings. The maximum absolute atomic E-state index is 11.1. The van der Waals surface area contributed by atoms with Gasteiger partial charge in [-0.1, -0.05) is 15.9 Å². The fourth-order valence-electron chi connectivity index (χ4n) is 0.642. The first-order valence-corrected chi connectivity index (χ1v) is 5.25. The van der Waals surface area contributed by atoms with Gasteiger partial charge in [-0.05, 0) is 54.6 Å². The summed E-state index contributed by atoms with van der Waals surface area (Å²) in [5, 5.41) is 0. The van der Waals surface area contributed by atoms with Crippen molar-refractivity contribution in [2.45, 2.75) is 0 Å². The minimum atomic E-state index is -0.0249. The molecule has 0 N–H and O–H groups in total. The molecule has 0 saturated heterocycles. The van der Waals surface area contributed by atoms with Gasteiger partial charge in [0, 0.05) is 0 Å². The molecule has 0 aliphatic heterocycles. The van der Waals surface area contributed by atoms with E-state index in [0.717, 1.165) is 5.57 Å². The summed E-state index contributed by atoms with van der Waals surface area (Å²) >= 11 is 9.49. The summed E-state index contributed by atoms with van der Waals surface area (Å²) < 4.78 is 1.13. The Labute approximate surface area is 89.6 Å². The van der Waals surface area contributed by atoms with E-state index < -0.39 is 0 Å². The van der Waals surface area contributed by atoms with E-state index in [0.29, 0.717) is 8.96 Å². The molecule has 0 radical (unpaired) electrons. The standard InChI is InChI=1S/C7H3Br3O/c8-3-4-1-5(9)7(11)6(10)2-4/h1-3H. The van der Waals surface area contributed by atoms with Crippen LogP contribution in [0.1, 0.15) is 0 Å². The molecule has 0 amide bonds. The summed E-state index contributed by atoms with van der Waals surface area (Å²) in [5.74, 6) is -0.0249. The van der Waals surface area contributed by atoms with Crippen LogP contribution in [0.4, 0.5) is 0 Å². The number of ketones is 1. The Hall–Kier alpha value is 0.330. The van der Waals surface area contributed by atoms with Crippen LogP contribution < -0.4 is 0 Å². The van der Waals surface area contributed by atoms with Crippen molar-refractivity contribution >= 4 is 53.6 Å². The van der Waals surface area contributed by atoms with Crippen molar-refractivity contribution in [2.75, 3.05) is 0 Å². The number of hydrogen-bond donors (Lipinski definition) is 0. The monoisotopic (exact) mass is 340 g/mol. The van der Waals surface area contributed by atoms with Crippen molar-refractivity contribution in [1.82, 2.24) is 0 Å². The predicted molar refractivity (Wildman–Crippen MR) is 56.0 cm³/mol. The molecule has 0 aromatic heterocycles.